The summed E-state index contributed by atoms with van der Waals surface area (Å²) in [6.45, 7) is 7.87. The molecule has 0 radical (unpaired) electrons. The third-order valence-electron chi connectivity index (χ3n) is 5.39. The molecule has 1 aromatic carbocycles. The second-order valence-electron chi connectivity index (χ2n) is 6.99. The molecule has 0 spiro atoms. The minimum absolute atomic E-state index is 0.307. The Morgan fingerprint density at radius 2 is 1.65 bits per heavy atom. The summed E-state index contributed by atoms with van der Waals surface area (Å²) in [5.74, 6) is 3.26. The molecule has 2 heterocycles. The van der Waals surface area contributed by atoms with Crippen molar-refractivity contribution >= 4 is 0 Å². The SMILES string of the molecule is CCC(C)c1ccc([C@@H](C)c2nnc3n2CCCCCC3)cc1. The Kier molecular flexibility index (Phi) is 5.14. The van der Waals surface area contributed by atoms with E-state index in [1.165, 1.54) is 49.1 Å². The van der Waals surface area contributed by atoms with Crippen molar-refractivity contribution in [3.05, 3.63) is 47.0 Å². The molecule has 0 amide bonds. The van der Waals surface area contributed by atoms with E-state index in [1.54, 1.807) is 0 Å². The molecule has 1 aliphatic heterocycles. The van der Waals surface area contributed by atoms with Gasteiger partial charge in [-0.1, -0.05) is 57.9 Å². The van der Waals surface area contributed by atoms with Crippen molar-refractivity contribution in [2.24, 2.45) is 0 Å². The topological polar surface area (TPSA) is 30.7 Å². The molecule has 3 heteroatoms. The predicted octanol–water partition coefficient (Wildman–Crippen LogP) is 5.06. The molecule has 3 rings (SSSR count). The number of benzene rings is 1. The number of aromatic nitrogens is 3. The molecule has 2 atom stereocenters. The average Bonchev–Trinajstić information content (AvgIpc) is 2.95. The molecule has 0 N–H and O–H groups in total. The molecular formula is C20H29N3. The highest BCUT2D eigenvalue weighted by Crippen LogP contribution is 2.27. The minimum Gasteiger partial charge on any atom is -0.314 e. The van der Waals surface area contributed by atoms with Gasteiger partial charge in [-0.3, -0.25) is 0 Å². The maximum absolute atomic E-state index is 4.54. The monoisotopic (exact) mass is 311 g/mol. The molecule has 0 saturated carbocycles. The fourth-order valence-electron chi connectivity index (χ4n) is 3.50. The zero-order chi connectivity index (χ0) is 16.2. The second kappa shape index (κ2) is 7.29. The van der Waals surface area contributed by atoms with Gasteiger partial charge in [0.05, 0.1) is 0 Å². The maximum atomic E-state index is 4.54. The van der Waals surface area contributed by atoms with Crippen LogP contribution in [0.25, 0.3) is 0 Å². The first-order valence-electron chi connectivity index (χ1n) is 9.22. The Bertz CT molecular complexity index is 627. The molecule has 23 heavy (non-hydrogen) atoms. The van der Waals surface area contributed by atoms with Crippen molar-refractivity contribution in [3.8, 4) is 0 Å². The Labute approximate surface area is 140 Å². The van der Waals surface area contributed by atoms with Crippen LogP contribution in [0.3, 0.4) is 0 Å². The van der Waals surface area contributed by atoms with Gasteiger partial charge >= 0.3 is 0 Å². The third-order valence-corrected chi connectivity index (χ3v) is 5.39. The summed E-state index contributed by atoms with van der Waals surface area (Å²) in [5, 5.41) is 9.02. The van der Waals surface area contributed by atoms with E-state index >= 15 is 0 Å². The minimum atomic E-state index is 0.307. The Morgan fingerprint density at radius 1 is 0.957 bits per heavy atom. The van der Waals surface area contributed by atoms with Gasteiger partial charge in [0.2, 0.25) is 0 Å². The van der Waals surface area contributed by atoms with Crippen LogP contribution in [0.4, 0.5) is 0 Å². The van der Waals surface area contributed by atoms with E-state index in [9.17, 15) is 0 Å². The molecule has 0 fully saturated rings. The van der Waals surface area contributed by atoms with Crippen LogP contribution < -0.4 is 0 Å². The first kappa shape index (κ1) is 16.2. The van der Waals surface area contributed by atoms with E-state index in [-0.39, 0.29) is 0 Å². The van der Waals surface area contributed by atoms with Gasteiger partial charge in [0.25, 0.3) is 0 Å². The van der Waals surface area contributed by atoms with Crippen molar-refractivity contribution < 1.29 is 0 Å². The molecule has 0 saturated heterocycles. The van der Waals surface area contributed by atoms with Crippen molar-refractivity contribution in [2.45, 2.75) is 77.7 Å². The summed E-state index contributed by atoms with van der Waals surface area (Å²) in [4.78, 5) is 0. The standard InChI is InChI=1S/C20H29N3/c1-4-15(2)17-10-12-18(13-11-17)16(3)20-22-21-19-9-7-5-6-8-14-23(19)20/h10-13,15-16H,4-9,14H2,1-3H3/t15?,16-/m1/s1. The lowest BCUT2D eigenvalue weighted by atomic mass is 9.94. The number of nitrogens with zero attached hydrogens (tertiary/aromatic N) is 3. The zero-order valence-corrected chi connectivity index (χ0v) is 14.8. The molecule has 2 aromatic rings. The quantitative estimate of drug-likeness (QED) is 0.790. The smallest absolute Gasteiger partial charge is 0.140 e. The molecule has 124 valence electrons. The summed E-state index contributed by atoms with van der Waals surface area (Å²) in [6.07, 6.45) is 7.41. The summed E-state index contributed by atoms with van der Waals surface area (Å²) < 4.78 is 2.38. The van der Waals surface area contributed by atoms with Crippen molar-refractivity contribution in [2.75, 3.05) is 0 Å². The fraction of sp³-hybridized carbons (Fsp3) is 0.600. The highest BCUT2D eigenvalue weighted by Gasteiger charge is 2.20. The van der Waals surface area contributed by atoms with Crippen molar-refractivity contribution in [1.82, 2.24) is 14.8 Å². The van der Waals surface area contributed by atoms with Crippen LogP contribution in [0.5, 0.6) is 0 Å². The van der Waals surface area contributed by atoms with Crippen LogP contribution >= 0.6 is 0 Å². The predicted molar refractivity (Wildman–Crippen MR) is 94.9 cm³/mol. The largest absolute Gasteiger partial charge is 0.314 e. The molecular weight excluding hydrogens is 282 g/mol. The highest BCUT2D eigenvalue weighted by atomic mass is 15.3. The van der Waals surface area contributed by atoms with E-state index in [2.05, 4.69) is 59.8 Å². The number of fused-ring (bicyclic) bond motifs is 1. The van der Waals surface area contributed by atoms with E-state index in [0.29, 0.717) is 11.8 Å². The summed E-state index contributed by atoms with van der Waals surface area (Å²) in [6, 6.07) is 9.11. The van der Waals surface area contributed by atoms with E-state index < -0.39 is 0 Å². The molecule has 0 aliphatic carbocycles. The van der Waals surface area contributed by atoms with Gasteiger partial charge in [0.1, 0.15) is 11.6 Å². The first-order chi connectivity index (χ1) is 11.2. The van der Waals surface area contributed by atoms with Gasteiger partial charge in [-0.15, -0.1) is 10.2 Å². The third kappa shape index (κ3) is 3.49. The number of aryl methyl sites for hydroxylation is 1. The van der Waals surface area contributed by atoms with Gasteiger partial charge in [-0.2, -0.15) is 0 Å². The van der Waals surface area contributed by atoms with Gasteiger partial charge in [-0.05, 0) is 36.3 Å². The Morgan fingerprint density at radius 3 is 2.39 bits per heavy atom. The number of hydrogen-bond donors (Lipinski definition) is 0. The van der Waals surface area contributed by atoms with E-state index in [4.69, 9.17) is 0 Å². The van der Waals surface area contributed by atoms with Crippen LogP contribution in [-0.2, 0) is 13.0 Å². The lowest BCUT2D eigenvalue weighted by Crippen LogP contribution is -2.13. The molecule has 1 aliphatic rings. The second-order valence-corrected chi connectivity index (χ2v) is 6.99. The lowest BCUT2D eigenvalue weighted by molar-refractivity contribution is 0.500. The van der Waals surface area contributed by atoms with E-state index in [0.717, 1.165) is 18.8 Å². The van der Waals surface area contributed by atoms with Crippen molar-refractivity contribution in [3.63, 3.8) is 0 Å². The number of rotatable bonds is 4. The van der Waals surface area contributed by atoms with E-state index in [1.807, 2.05) is 0 Å². The van der Waals surface area contributed by atoms with Crippen LogP contribution in [0.15, 0.2) is 24.3 Å². The fourth-order valence-corrected chi connectivity index (χ4v) is 3.50. The molecule has 3 nitrogen and oxygen atoms in total. The highest BCUT2D eigenvalue weighted by molar-refractivity contribution is 5.30. The normalized spacial score (nSPS) is 17.9. The van der Waals surface area contributed by atoms with Crippen LogP contribution in [0.1, 0.15) is 87.5 Å². The molecule has 0 bridgehead atoms. The zero-order valence-electron chi connectivity index (χ0n) is 14.8. The first-order valence-corrected chi connectivity index (χ1v) is 9.22. The van der Waals surface area contributed by atoms with Crippen LogP contribution in [0, 0.1) is 0 Å². The van der Waals surface area contributed by atoms with Gasteiger partial charge < -0.3 is 4.57 Å². The van der Waals surface area contributed by atoms with Crippen LogP contribution in [-0.4, -0.2) is 14.8 Å². The maximum Gasteiger partial charge on any atom is 0.140 e. The van der Waals surface area contributed by atoms with Crippen molar-refractivity contribution in [1.29, 1.82) is 0 Å². The Hall–Kier alpha value is -1.64. The van der Waals surface area contributed by atoms with Gasteiger partial charge in [0, 0.05) is 18.9 Å². The number of hydrogen-bond acceptors (Lipinski definition) is 2. The lowest BCUT2D eigenvalue weighted by Gasteiger charge is -2.18. The summed E-state index contributed by atoms with van der Waals surface area (Å²) >= 11 is 0. The van der Waals surface area contributed by atoms with Gasteiger partial charge in [0.15, 0.2) is 0 Å². The molecule has 1 aromatic heterocycles. The average molecular weight is 311 g/mol. The summed E-state index contributed by atoms with van der Waals surface area (Å²) in [5.41, 5.74) is 2.77. The summed E-state index contributed by atoms with van der Waals surface area (Å²) in [7, 11) is 0. The Balaban J connectivity index is 1.84. The van der Waals surface area contributed by atoms with Crippen LogP contribution in [0.2, 0.25) is 0 Å². The van der Waals surface area contributed by atoms with Gasteiger partial charge in [-0.25, -0.2) is 0 Å². The molecule has 1 unspecified atom stereocenters.